The third-order valence-electron chi connectivity index (χ3n) is 6.38. The molecular formula is C24H46O3Si. The lowest BCUT2D eigenvalue weighted by Crippen LogP contribution is -2.51. The van der Waals surface area contributed by atoms with E-state index in [1.807, 2.05) is 0 Å². The molecule has 1 aliphatic rings. The van der Waals surface area contributed by atoms with Crippen molar-refractivity contribution in [1.29, 1.82) is 0 Å². The van der Waals surface area contributed by atoms with E-state index >= 15 is 0 Å². The molecule has 3 nitrogen and oxygen atoms in total. The van der Waals surface area contributed by atoms with Crippen molar-refractivity contribution in [2.75, 3.05) is 0 Å². The number of aliphatic hydroxyl groups excluding tert-OH is 1. The molecule has 0 aromatic carbocycles. The molecule has 0 saturated carbocycles. The first kappa shape index (κ1) is 25.6. The number of unbranched alkanes of at least 4 members (excludes halogenated alkanes) is 4. The third-order valence-corrected chi connectivity index (χ3v) is 10.9. The summed E-state index contributed by atoms with van der Waals surface area (Å²) >= 11 is 0. The zero-order chi connectivity index (χ0) is 21.2. The summed E-state index contributed by atoms with van der Waals surface area (Å²) in [5.41, 5.74) is 0. The van der Waals surface area contributed by atoms with E-state index in [1.165, 1.54) is 25.7 Å². The lowest BCUT2D eigenvalue weighted by molar-refractivity contribution is -0.141. The molecule has 0 aromatic heterocycles. The molecule has 4 heteroatoms. The maximum atomic E-state index is 10.2. The smallest absolute Gasteiger partial charge is 0.192 e. The summed E-state index contributed by atoms with van der Waals surface area (Å²) in [5.74, 6) is 0. The maximum absolute atomic E-state index is 10.2. The minimum Gasteiger partial charge on any atom is -0.411 e. The van der Waals surface area contributed by atoms with Crippen molar-refractivity contribution in [1.82, 2.24) is 0 Å². The van der Waals surface area contributed by atoms with Crippen molar-refractivity contribution in [2.24, 2.45) is 0 Å². The molecule has 0 amide bonds. The minimum absolute atomic E-state index is 0.0755. The Kier molecular flexibility index (Phi) is 11.3. The van der Waals surface area contributed by atoms with E-state index in [2.05, 4.69) is 59.5 Å². The molecule has 28 heavy (non-hydrogen) atoms. The highest BCUT2D eigenvalue weighted by Crippen LogP contribution is 2.40. The van der Waals surface area contributed by atoms with Crippen LogP contribution in [0.15, 0.2) is 24.8 Å². The van der Waals surface area contributed by atoms with Crippen molar-refractivity contribution >= 4 is 8.32 Å². The topological polar surface area (TPSA) is 38.7 Å². The highest BCUT2D eigenvalue weighted by molar-refractivity contribution is 6.74. The molecule has 4 atom stereocenters. The predicted octanol–water partition coefficient (Wildman–Crippen LogP) is 6.78. The van der Waals surface area contributed by atoms with Crippen LogP contribution in [0.25, 0.3) is 0 Å². The van der Waals surface area contributed by atoms with Crippen LogP contribution in [0.1, 0.15) is 85.5 Å². The second-order valence-electron chi connectivity index (χ2n) is 9.83. The van der Waals surface area contributed by atoms with Gasteiger partial charge in [0.25, 0.3) is 0 Å². The summed E-state index contributed by atoms with van der Waals surface area (Å²) in [6.45, 7) is 17.4. The molecule has 1 aliphatic heterocycles. The molecule has 0 spiro atoms. The van der Waals surface area contributed by atoms with Gasteiger partial charge in [0.15, 0.2) is 8.32 Å². The van der Waals surface area contributed by atoms with Gasteiger partial charge in [-0.1, -0.05) is 65.2 Å². The molecule has 0 bridgehead atoms. The van der Waals surface area contributed by atoms with E-state index in [0.717, 1.165) is 32.1 Å². The summed E-state index contributed by atoms with van der Waals surface area (Å²) in [6.07, 6.45) is 15.7. The fourth-order valence-electron chi connectivity index (χ4n) is 3.41. The zero-order valence-corrected chi connectivity index (χ0v) is 20.4. The van der Waals surface area contributed by atoms with Gasteiger partial charge in [-0.15, -0.1) is 6.58 Å². The van der Waals surface area contributed by atoms with Gasteiger partial charge in [0, 0.05) is 0 Å². The zero-order valence-electron chi connectivity index (χ0n) is 19.4. The number of hydrogen-bond donors (Lipinski definition) is 1. The van der Waals surface area contributed by atoms with Gasteiger partial charge in [0.1, 0.15) is 0 Å². The Balaban J connectivity index is 2.61. The number of hydrogen-bond acceptors (Lipinski definition) is 3. The average Bonchev–Trinajstić information content (AvgIpc) is 2.63. The minimum atomic E-state index is -1.84. The van der Waals surface area contributed by atoms with Gasteiger partial charge in [-0.25, -0.2) is 0 Å². The van der Waals surface area contributed by atoms with Crippen LogP contribution in [0.5, 0.6) is 0 Å². The second kappa shape index (κ2) is 12.3. The standard InChI is InChI=1S/C24H46O3Si/c1-8-10-11-12-13-14-15-16-17-22-23(27-28(6,7)24(3,4)5)19-18-21(26-22)20(25)9-2/h9,12-13,20-23,25H,2,8,10-11,14-19H2,1,3-7H3/b13-12-/t20-,21-,22-,23+/m0/s1. The van der Waals surface area contributed by atoms with E-state index in [9.17, 15) is 5.11 Å². The third kappa shape index (κ3) is 8.52. The van der Waals surface area contributed by atoms with Crippen LogP contribution in [-0.2, 0) is 9.16 Å². The lowest BCUT2D eigenvalue weighted by Gasteiger charge is -2.45. The predicted molar refractivity (Wildman–Crippen MR) is 123 cm³/mol. The number of ether oxygens (including phenoxy) is 1. The van der Waals surface area contributed by atoms with Crippen LogP contribution in [0.3, 0.4) is 0 Å². The Morgan fingerprint density at radius 3 is 2.36 bits per heavy atom. The summed E-state index contributed by atoms with van der Waals surface area (Å²) in [4.78, 5) is 0. The van der Waals surface area contributed by atoms with Crippen molar-refractivity contribution < 1.29 is 14.3 Å². The van der Waals surface area contributed by atoms with Gasteiger partial charge >= 0.3 is 0 Å². The molecule has 1 N–H and O–H groups in total. The molecule has 1 rings (SSSR count). The molecule has 0 aliphatic carbocycles. The molecule has 0 radical (unpaired) electrons. The molecule has 164 valence electrons. The number of rotatable bonds is 12. The van der Waals surface area contributed by atoms with Crippen molar-refractivity contribution in [2.45, 2.75) is 128 Å². The van der Waals surface area contributed by atoms with E-state index < -0.39 is 14.4 Å². The largest absolute Gasteiger partial charge is 0.411 e. The summed E-state index contributed by atoms with van der Waals surface area (Å²) in [7, 11) is -1.84. The van der Waals surface area contributed by atoms with Crippen molar-refractivity contribution in [3.8, 4) is 0 Å². The molecule has 1 fully saturated rings. The van der Waals surface area contributed by atoms with Crippen LogP contribution in [0, 0.1) is 0 Å². The van der Waals surface area contributed by atoms with Crippen LogP contribution in [0.2, 0.25) is 18.1 Å². The van der Waals surface area contributed by atoms with Crippen LogP contribution in [0.4, 0.5) is 0 Å². The SMILES string of the molecule is C=C[C@H](O)[C@@H]1CC[C@@H](O[Si](C)(C)C(C)(C)C)[C@H](CCCC/C=C\CCCC)O1. The van der Waals surface area contributed by atoms with Gasteiger partial charge in [0.05, 0.1) is 24.4 Å². The Labute approximate surface area is 175 Å². The first-order valence-corrected chi connectivity index (χ1v) is 14.3. The highest BCUT2D eigenvalue weighted by atomic mass is 28.4. The van der Waals surface area contributed by atoms with E-state index in [4.69, 9.17) is 9.16 Å². The lowest BCUT2D eigenvalue weighted by atomic mass is 9.94. The van der Waals surface area contributed by atoms with E-state index in [-0.39, 0.29) is 23.4 Å². The van der Waals surface area contributed by atoms with Gasteiger partial charge in [0.2, 0.25) is 0 Å². The van der Waals surface area contributed by atoms with Crippen molar-refractivity contribution in [3.63, 3.8) is 0 Å². The van der Waals surface area contributed by atoms with Crippen LogP contribution >= 0.6 is 0 Å². The average molecular weight is 411 g/mol. The molecule has 1 saturated heterocycles. The summed E-state index contributed by atoms with van der Waals surface area (Å²) in [6, 6.07) is 0. The Hall–Kier alpha value is -0.423. The summed E-state index contributed by atoms with van der Waals surface area (Å²) < 4.78 is 13.1. The van der Waals surface area contributed by atoms with Gasteiger partial charge in [-0.2, -0.15) is 0 Å². The number of aliphatic hydroxyl groups is 1. The van der Waals surface area contributed by atoms with E-state index in [0.29, 0.717) is 0 Å². The normalized spacial score (nSPS) is 25.2. The Bertz CT molecular complexity index is 467. The maximum Gasteiger partial charge on any atom is 0.192 e. The van der Waals surface area contributed by atoms with Gasteiger partial charge < -0.3 is 14.3 Å². The Morgan fingerprint density at radius 2 is 1.79 bits per heavy atom. The van der Waals surface area contributed by atoms with Gasteiger partial charge in [-0.3, -0.25) is 0 Å². The second-order valence-corrected chi connectivity index (χ2v) is 14.6. The fourth-order valence-corrected chi connectivity index (χ4v) is 4.79. The van der Waals surface area contributed by atoms with E-state index in [1.54, 1.807) is 6.08 Å². The Morgan fingerprint density at radius 1 is 1.14 bits per heavy atom. The first-order valence-electron chi connectivity index (χ1n) is 11.4. The van der Waals surface area contributed by atoms with Crippen LogP contribution < -0.4 is 0 Å². The van der Waals surface area contributed by atoms with Crippen molar-refractivity contribution in [3.05, 3.63) is 24.8 Å². The summed E-state index contributed by atoms with van der Waals surface area (Å²) in [5, 5.41) is 10.4. The molecule has 0 aromatic rings. The first-order chi connectivity index (χ1) is 13.1. The van der Waals surface area contributed by atoms with Gasteiger partial charge in [-0.05, 0) is 56.7 Å². The highest BCUT2D eigenvalue weighted by Gasteiger charge is 2.43. The fraction of sp³-hybridized carbons (Fsp3) is 0.833. The number of allylic oxidation sites excluding steroid dienone is 2. The molecular weight excluding hydrogens is 364 g/mol. The quantitative estimate of drug-likeness (QED) is 0.219. The monoisotopic (exact) mass is 410 g/mol. The van der Waals surface area contributed by atoms with Crippen LogP contribution in [-0.4, -0.2) is 37.8 Å². The molecule has 0 unspecified atom stereocenters. The molecule has 1 heterocycles.